The van der Waals surface area contributed by atoms with Crippen molar-refractivity contribution in [1.82, 2.24) is 20.1 Å². The Bertz CT molecular complexity index is 352. The van der Waals surface area contributed by atoms with Gasteiger partial charge in [0.2, 0.25) is 0 Å². The highest BCUT2D eigenvalue weighted by molar-refractivity contribution is 7.99. The molecule has 0 aliphatic carbocycles. The molecule has 2 N–H and O–H groups in total. The van der Waals surface area contributed by atoms with Crippen LogP contribution in [-0.2, 0) is 7.05 Å². The molecular weight excluding hydrogens is 200 g/mol. The summed E-state index contributed by atoms with van der Waals surface area (Å²) in [6.07, 6.45) is 1.23. The van der Waals surface area contributed by atoms with Crippen LogP contribution in [0.1, 0.15) is 6.42 Å². The highest BCUT2D eigenvalue weighted by Crippen LogP contribution is 2.19. The summed E-state index contributed by atoms with van der Waals surface area (Å²) in [6.45, 7) is 2.20. The summed E-state index contributed by atoms with van der Waals surface area (Å²) in [5, 5.41) is 10.5. The van der Waals surface area contributed by atoms with Gasteiger partial charge in [-0.05, 0) is 25.4 Å². The largest absolute Gasteiger partial charge is 0.343 e. The normalized spacial score (nSPS) is 21.6. The molecule has 0 amide bonds. The summed E-state index contributed by atoms with van der Waals surface area (Å²) >= 11 is 1.65. The minimum Gasteiger partial charge on any atom is -0.316 e. The highest BCUT2D eigenvalue weighted by Gasteiger charge is 2.15. The first-order valence-corrected chi connectivity index (χ1v) is 5.71. The van der Waals surface area contributed by atoms with Crippen molar-refractivity contribution in [2.24, 2.45) is 13.0 Å². The van der Waals surface area contributed by atoms with Gasteiger partial charge in [0.15, 0.2) is 5.16 Å². The maximum absolute atomic E-state index is 11.1. The van der Waals surface area contributed by atoms with E-state index in [-0.39, 0.29) is 5.69 Å². The number of hydrogen-bond donors (Lipinski definition) is 2. The molecule has 1 unspecified atom stereocenters. The Morgan fingerprint density at radius 1 is 1.71 bits per heavy atom. The average Bonchev–Trinajstić information content (AvgIpc) is 2.77. The van der Waals surface area contributed by atoms with Crippen LogP contribution in [0.3, 0.4) is 0 Å². The smallest absolute Gasteiger partial charge is 0.316 e. The van der Waals surface area contributed by atoms with Gasteiger partial charge in [-0.25, -0.2) is 9.89 Å². The van der Waals surface area contributed by atoms with Crippen molar-refractivity contribution in [2.75, 3.05) is 18.8 Å². The Labute approximate surface area is 86.3 Å². The van der Waals surface area contributed by atoms with Crippen LogP contribution in [0.5, 0.6) is 0 Å². The van der Waals surface area contributed by atoms with Gasteiger partial charge in [-0.1, -0.05) is 11.8 Å². The molecule has 0 saturated carbocycles. The molecule has 6 heteroatoms. The molecule has 1 fully saturated rings. The molecule has 0 bridgehead atoms. The highest BCUT2D eigenvalue weighted by atomic mass is 32.2. The van der Waals surface area contributed by atoms with Crippen LogP contribution in [0.25, 0.3) is 0 Å². The second kappa shape index (κ2) is 4.18. The van der Waals surface area contributed by atoms with Gasteiger partial charge in [-0.15, -0.1) is 5.10 Å². The average molecular weight is 214 g/mol. The molecule has 1 aromatic rings. The Hall–Kier alpha value is -0.750. The number of rotatable bonds is 3. The third kappa shape index (κ3) is 2.01. The SMILES string of the molecule is Cn1c(SCC2CCNC2)n[nH]c1=O. The van der Waals surface area contributed by atoms with Crippen LogP contribution < -0.4 is 11.0 Å². The zero-order chi connectivity index (χ0) is 9.97. The van der Waals surface area contributed by atoms with E-state index < -0.39 is 0 Å². The lowest BCUT2D eigenvalue weighted by molar-refractivity contribution is 0.659. The standard InChI is InChI=1S/C8H14N4OS/c1-12-7(13)10-11-8(12)14-5-6-2-3-9-4-6/h6,9H,2-5H2,1H3,(H,10,13). The van der Waals surface area contributed by atoms with Crippen molar-refractivity contribution in [3.05, 3.63) is 10.5 Å². The van der Waals surface area contributed by atoms with Crippen molar-refractivity contribution >= 4 is 11.8 Å². The summed E-state index contributed by atoms with van der Waals surface area (Å²) < 4.78 is 1.55. The van der Waals surface area contributed by atoms with E-state index >= 15 is 0 Å². The Morgan fingerprint density at radius 2 is 2.57 bits per heavy atom. The lowest BCUT2D eigenvalue weighted by Gasteiger charge is -2.05. The van der Waals surface area contributed by atoms with Crippen LogP contribution in [0.4, 0.5) is 0 Å². The van der Waals surface area contributed by atoms with Crippen molar-refractivity contribution in [2.45, 2.75) is 11.6 Å². The topological polar surface area (TPSA) is 62.7 Å². The molecule has 1 aliphatic rings. The molecule has 0 aromatic carbocycles. The monoisotopic (exact) mass is 214 g/mol. The number of nitrogens with one attached hydrogen (secondary N) is 2. The van der Waals surface area contributed by atoms with Gasteiger partial charge in [0, 0.05) is 12.8 Å². The van der Waals surface area contributed by atoms with E-state index in [1.807, 2.05) is 0 Å². The summed E-state index contributed by atoms with van der Waals surface area (Å²) in [5.41, 5.74) is -0.142. The molecule has 5 nitrogen and oxygen atoms in total. The van der Waals surface area contributed by atoms with Crippen molar-refractivity contribution in [3.63, 3.8) is 0 Å². The maximum atomic E-state index is 11.1. The van der Waals surface area contributed by atoms with Gasteiger partial charge in [-0.2, -0.15) is 0 Å². The fourth-order valence-corrected chi connectivity index (χ4v) is 2.57. The molecule has 78 valence electrons. The second-order valence-corrected chi connectivity index (χ2v) is 4.53. The fourth-order valence-electron chi connectivity index (χ4n) is 1.51. The van der Waals surface area contributed by atoms with E-state index in [4.69, 9.17) is 0 Å². The molecule has 1 atom stereocenters. The van der Waals surface area contributed by atoms with E-state index in [1.165, 1.54) is 6.42 Å². The van der Waals surface area contributed by atoms with Gasteiger partial charge in [0.05, 0.1) is 0 Å². The Balaban J connectivity index is 1.91. The number of thioether (sulfide) groups is 1. The van der Waals surface area contributed by atoms with Crippen LogP contribution in [0, 0.1) is 5.92 Å². The van der Waals surface area contributed by atoms with Crippen LogP contribution >= 0.6 is 11.8 Å². The van der Waals surface area contributed by atoms with Gasteiger partial charge >= 0.3 is 5.69 Å². The third-order valence-electron chi connectivity index (χ3n) is 2.45. The van der Waals surface area contributed by atoms with Gasteiger partial charge in [-0.3, -0.25) is 4.57 Å². The molecule has 1 saturated heterocycles. The molecule has 1 aromatic heterocycles. The van der Waals surface area contributed by atoms with Crippen molar-refractivity contribution < 1.29 is 0 Å². The minimum atomic E-state index is -0.142. The van der Waals surface area contributed by atoms with Crippen LogP contribution in [-0.4, -0.2) is 33.6 Å². The first kappa shape index (κ1) is 9.79. The molecule has 0 spiro atoms. The zero-order valence-electron chi connectivity index (χ0n) is 8.12. The molecule has 1 aliphatic heterocycles. The van der Waals surface area contributed by atoms with E-state index in [0.717, 1.165) is 24.0 Å². The fraction of sp³-hybridized carbons (Fsp3) is 0.750. The van der Waals surface area contributed by atoms with E-state index in [1.54, 1.807) is 23.4 Å². The van der Waals surface area contributed by atoms with E-state index in [9.17, 15) is 4.79 Å². The number of H-pyrrole nitrogens is 1. The second-order valence-electron chi connectivity index (χ2n) is 3.54. The summed E-state index contributed by atoms with van der Waals surface area (Å²) in [7, 11) is 1.74. The molecule has 2 rings (SSSR count). The molecule has 14 heavy (non-hydrogen) atoms. The van der Waals surface area contributed by atoms with Gasteiger partial charge in [0.1, 0.15) is 0 Å². The summed E-state index contributed by atoms with van der Waals surface area (Å²) in [6, 6.07) is 0. The quantitative estimate of drug-likeness (QED) is 0.685. The van der Waals surface area contributed by atoms with E-state index in [2.05, 4.69) is 15.5 Å². The predicted molar refractivity (Wildman–Crippen MR) is 55.5 cm³/mol. The lowest BCUT2D eigenvalue weighted by atomic mass is 10.2. The van der Waals surface area contributed by atoms with Crippen molar-refractivity contribution in [3.8, 4) is 0 Å². The zero-order valence-corrected chi connectivity index (χ0v) is 8.93. The van der Waals surface area contributed by atoms with Gasteiger partial charge < -0.3 is 5.32 Å². The maximum Gasteiger partial charge on any atom is 0.343 e. The lowest BCUT2D eigenvalue weighted by Crippen LogP contribution is -2.14. The summed E-state index contributed by atoms with van der Waals surface area (Å²) in [4.78, 5) is 11.1. The van der Waals surface area contributed by atoms with Crippen LogP contribution in [0.2, 0.25) is 0 Å². The van der Waals surface area contributed by atoms with Crippen molar-refractivity contribution in [1.29, 1.82) is 0 Å². The summed E-state index contributed by atoms with van der Waals surface area (Å²) in [5.74, 6) is 1.75. The number of aromatic amines is 1. The van der Waals surface area contributed by atoms with Crippen LogP contribution in [0.15, 0.2) is 9.95 Å². The minimum absolute atomic E-state index is 0.142. The molecular formula is C8H14N4OS. The molecule has 2 heterocycles. The van der Waals surface area contributed by atoms with E-state index in [0.29, 0.717) is 5.92 Å². The molecule has 0 radical (unpaired) electrons. The number of aromatic nitrogens is 3. The predicted octanol–water partition coefficient (Wildman–Crippen LogP) is -0.190. The third-order valence-corrected chi connectivity index (χ3v) is 3.71. The number of nitrogens with zero attached hydrogens (tertiary/aromatic N) is 2. The Morgan fingerprint density at radius 3 is 3.14 bits per heavy atom. The van der Waals surface area contributed by atoms with Gasteiger partial charge in [0.25, 0.3) is 0 Å². The number of hydrogen-bond acceptors (Lipinski definition) is 4. The Kier molecular flexibility index (Phi) is 2.93. The first-order valence-electron chi connectivity index (χ1n) is 4.72. The first-order chi connectivity index (χ1) is 6.77.